The molecule has 17 heavy (non-hydrogen) atoms. The SMILES string of the molecule is CCCC(C)NC(=O)COCCC1CCNC1. The third-order valence-electron chi connectivity index (χ3n) is 3.20. The fraction of sp³-hybridized carbons (Fsp3) is 0.923. The Morgan fingerprint density at radius 2 is 2.41 bits per heavy atom. The smallest absolute Gasteiger partial charge is 0.246 e. The van der Waals surface area contributed by atoms with Crippen molar-refractivity contribution >= 4 is 5.91 Å². The van der Waals surface area contributed by atoms with Gasteiger partial charge in [-0.15, -0.1) is 0 Å². The molecule has 1 aliphatic heterocycles. The average molecular weight is 242 g/mol. The lowest BCUT2D eigenvalue weighted by Crippen LogP contribution is -2.35. The molecular weight excluding hydrogens is 216 g/mol. The summed E-state index contributed by atoms with van der Waals surface area (Å²) in [7, 11) is 0. The Morgan fingerprint density at radius 1 is 1.59 bits per heavy atom. The molecule has 1 saturated heterocycles. The number of ether oxygens (including phenoxy) is 1. The van der Waals surface area contributed by atoms with Crippen molar-refractivity contribution in [3.8, 4) is 0 Å². The van der Waals surface area contributed by atoms with E-state index < -0.39 is 0 Å². The molecule has 1 fully saturated rings. The molecule has 0 spiro atoms. The van der Waals surface area contributed by atoms with E-state index in [-0.39, 0.29) is 18.6 Å². The van der Waals surface area contributed by atoms with Gasteiger partial charge in [0, 0.05) is 12.6 Å². The van der Waals surface area contributed by atoms with Crippen LogP contribution in [0.15, 0.2) is 0 Å². The predicted molar refractivity (Wildman–Crippen MR) is 68.9 cm³/mol. The topological polar surface area (TPSA) is 50.4 Å². The molecule has 1 amide bonds. The average Bonchev–Trinajstić information content (AvgIpc) is 2.77. The number of hydrogen-bond donors (Lipinski definition) is 2. The number of carbonyl (C=O) groups is 1. The number of nitrogens with one attached hydrogen (secondary N) is 2. The second-order valence-corrected chi connectivity index (χ2v) is 4.96. The van der Waals surface area contributed by atoms with Crippen molar-refractivity contribution in [1.82, 2.24) is 10.6 Å². The zero-order valence-electron chi connectivity index (χ0n) is 11.1. The summed E-state index contributed by atoms with van der Waals surface area (Å²) in [5.74, 6) is 0.743. The van der Waals surface area contributed by atoms with Gasteiger partial charge in [0.25, 0.3) is 0 Å². The van der Waals surface area contributed by atoms with Crippen LogP contribution >= 0.6 is 0 Å². The molecule has 0 saturated carbocycles. The van der Waals surface area contributed by atoms with Gasteiger partial charge >= 0.3 is 0 Å². The van der Waals surface area contributed by atoms with E-state index in [1.807, 2.05) is 6.92 Å². The first kappa shape index (κ1) is 14.5. The summed E-state index contributed by atoms with van der Waals surface area (Å²) in [6.07, 6.45) is 4.42. The van der Waals surface area contributed by atoms with E-state index in [0.29, 0.717) is 6.61 Å². The molecular formula is C13H26N2O2. The minimum Gasteiger partial charge on any atom is -0.372 e. The molecule has 0 aromatic heterocycles. The predicted octanol–water partition coefficient (Wildman–Crippen LogP) is 1.31. The largest absolute Gasteiger partial charge is 0.372 e. The van der Waals surface area contributed by atoms with E-state index in [9.17, 15) is 4.79 Å². The summed E-state index contributed by atoms with van der Waals surface area (Å²) in [6.45, 7) is 7.28. The lowest BCUT2D eigenvalue weighted by Gasteiger charge is -2.13. The van der Waals surface area contributed by atoms with Crippen LogP contribution in [-0.2, 0) is 9.53 Å². The Balaban J connectivity index is 1.95. The highest BCUT2D eigenvalue weighted by Crippen LogP contribution is 2.11. The summed E-state index contributed by atoms with van der Waals surface area (Å²) in [5, 5.41) is 6.26. The van der Waals surface area contributed by atoms with Gasteiger partial charge in [-0.2, -0.15) is 0 Å². The Bertz CT molecular complexity index is 215. The minimum atomic E-state index is 0.00972. The second kappa shape index (κ2) is 8.48. The number of hydrogen-bond acceptors (Lipinski definition) is 3. The van der Waals surface area contributed by atoms with Crippen molar-refractivity contribution in [1.29, 1.82) is 0 Å². The number of carbonyl (C=O) groups excluding carboxylic acids is 1. The van der Waals surface area contributed by atoms with Crippen LogP contribution in [-0.4, -0.2) is 38.3 Å². The third-order valence-corrected chi connectivity index (χ3v) is 3.20. The molecule has 0 aliphatic carbocycles. The van der Waals surface area contributed by atoms with Gasteiger partial charge in [-0.3, -0.25) is 4.79 Å². The Hall–Kier alpha value is -0.610. The fourth-order valence-electron chi connectivity index (χ4n) is 2.20. The van der Waals surface area contributed by atoms with Gasteiger partial charge in [0.15, 0.2) is 0 Å². The van der Waals surface area contributed by atoms with E-state index in [1.54, 1.807) is 0 Å². The van der Waals surface area contributed by atoms with Crippen LogP contribution in [0.5, 0.6) is 0 Å². The normalized spacial score (nSPS) is 21.4. The van der Waals surface area contributed by atoms with E-state index in [0.717, 1.165) is 38.3 Å². The first-order chi connectivity index (χ1) is 8.22. The first-order valence-electron chi connectivity index (χ1n) is 6.80. The zero-order chi connectivity index (χ0) is 12.5. The number of amides is 1. The molecule has 2 unspecified atom stereocenters. The van der Waals surface area contributed by atoms with Crippen molar-refractivity contribution in [3.63, 3.8) is 0 Å². The Morgan fingerprint density at radius 3 is 3.06 bits per heavy atom. The van der Waals surface area contributed by atoms with Crippen LogP contribution in [0.1, 0.15) is 39.5 Å². The van der Waals surface area contributed by atoms with E-state index in [4.69, 9.17) is 4.74 Å². The van der Waals surface area contributed by atoms with Gasteiger partial charge in [-0.05, 0) is 45.2 Å². The maximum atomic E-state index is 11.5. The van der Waals surface area contributed by atoms with Crippen molar-refractivity contribution in [2.24, 2.45) is 5.92 Å². The molecule has 2 atom stereocenters. The molecule has 4 heteroatoms. The highest BCUT2D eigenvalue weighted by Gasteiger charge is 2.14. The maximum Gasteiger partial charge on any atom is 0.246 e. The van der Waals surface area contributed by atoms with Crippen molar-refractivity contribution < 1.29 is 9.53 Å². The standard InChI is InChI=1S/C13H26N2O2/c1-3-4-11(2)15-13(16)10-17-8-6-12-5-7-14-9-12/h11-12,14H,3-10H2,1-2H3,(H,15,16). The molecule has 1 aliphatic rings. The van der Waals surface area contributed by atoms with Crippen LogP contribution in [0.3, 0.4) is 0 Å². The minimum absolute atomic E-state index is 0.00972. The summed E-state index contributed by atoms with van der Waals surface area (Å²) in [5.41, 5.74) is 0. The first-order valence-corrected chi connectivity index (χ1v) is 6.80. The van der Waals surface area contributed by atoms with Crippen molar-refractivity contribution in [3.05, 3.63) is 0 Å². The van der Waals surface area contributed by atoms with Gasteiger partial charge in [-0.25, -0.2) is 0 Å². The quantitative estimate of drug-likeness (QED) is 0.631. The molecule has 0 bridgehead atoms. The van der Waals surface area contributed by atoms with Crippen LogP contribution in [0, 0.1) is 5.92 Å². The van der Waals surface area contributed by atoms with Gasteiger partial charge < -0.3 is 15.4 Å². The molecule has 2 N–H and O–H groups in total. The summed E-state index contributed by atoms with van der Waals surface area (Å²) in [4.78, 5) is 11.5. The van der Waals surface area contributed by atoms with E-state index in [1.165, 1.54) is 6.42 Å². The highest BCUT2D eigenvalue weighted by molar-refractivity contribution is 5.77. The van der Waals surface area contributed by atoms with E-state index in [2.05, 4.69) is 17.6 Å². The molecule has 1 rings (SSSR count). The molecule has 0 radical (unpaired) electrons. The van der Waals surface area contributed by atoms with Crippen molar-refractivity contribution in [2.75, 3.05) is 26.3 Å². The molecule has 100 valence electrons. The maximum absolute atomic E-state index is 11.5. The fourth-order valence-corrected chi connectivity index (χ4v) is 2.20. The van der Waals surface area contributed by atoms with Crippen molar-refractivity contribution in [2.45, 2.75) is 45.6 Å². The van der Waals surface area contributed by atoms with Gasteiger partial charge in [0.1, 0.15) is 6.61 Å². The lowest BCUT2D eigenvalue weighted by atomic mass is 10.1. The van der Waals surface area contributed by atoms with Crippen LogP contribution in [0.4, 0.5) is 0 Å². The monoisotopic (exact) mass is 242 g/mol. The Labute approximate surface area is 104 Å². The number of rotatable bonds is 8. The second-order valence-electron chi connectivity index (χ2n) is 4.96. The van der Waals surface area contributed by atoms with Gasteiger partial charge in [0.2, 0.25) is 5.91 Å². The lowest BCUT2D eigenvalue weighted by molar-refractivity contribution is -0.126. The molecule has 0 aromatic carbocycles. The third kappa shape index (κ3) is 6.64. The van der Waals surface area contributed by atoms with Gasteiger partial charge in [-0.1, -0.05) is 13.3 Å². The highest BCUT2D eigenvalue weighted by atomic mass is 16.5. The Kier molecular flexibility index (Phi) is 7.21. The molecule has 0 aromatic rings. The van der Waals surface area contributed by atoms with Crippen LogP contribution in [0.2, 0.25) is 0 Å². The summed E-state index contributed by atoms with van der Waals surface area (Å²) < 4.78 is 5.40. The summed E-state index contributed by atoms with van der Waals surface area (Å²) in [6, 6.07) is 0.259. The zero-order valence-corrected chi connectivity index (χ0v) is 11.1. The summed E-state index contributed by atoms with van der Waals surface area (Å²) >= 11 is 0. The van der Waals surface area contributed by atoms with Crippen LogP contribution < -0.4 is 10.6 Å². The molecule has 1 heterocycles. The van der Waals surface area contributed by atoms with Crippen LogP contribution in [0.25, 0.3) is 0 Å². The van der Waals surface area contributed by atoms with Gasteiger partial charge in [0.05, 0.1) is 0 Å². The molecule has 4 nitrogen and oxygen atoms in total. The van der Waals surface area contributed by atoms with E-state index >= 15 is 0 Å².